The normalized spacial score (nSPS) is 13.0. The molecular weight excluding hydrogens is 431 g/mol. The highest BCUT2D eigenvalue weighted by Gasteiger charge is 2.39. The third-order valence-corrected chi connectivity index (χ3v) is 5.29. The number of hydrogen-bond donors (Lipinski definition) is 1. The van der Waals surface area contributed by atoms with Gasteiger partial charge in [-0.2, -0.15) is 13.2 Å². The molecule has 4 nitrogen and oxygen atoms in total. The van der Waals surface area contributed by atoms with Crippen LogP contribution in [0, 0.1) is 11.8 Å². The second kappa shape index (κ2) is 10.4. The lowest BCUT2D eigenvalue weighted by Crippen LogP contribution is -2.43. The molecule has 3 aromatic rings. The standard InChI is InChI=1S/C26H24F3NO3/c1-17(21-12-6-9-18-8-4-5-11-22(18)21)30-24(26(27,28)29)13-7-10-19-16-20(25(31)33-3)14-15-23(19)32-2/h4-6,8-9,11-12,14-17,24,30H,13H2,1-3H3/t17-,24?/m1/s1. The first-order valence-electron chi connectivity index (χ1n) is 10.3. The van der Waals surface area contributed by atoms with E-state index in [1.54, 1.807) is 6.92 Å². The van der Waals surface area contributed by atoms with E-state index in [-0.39, 0.29) is 5.56 Å². The third-order valence-electron chi connectivity index (χ3n) is 5.29. The number of methoxy groups -OCH3 is 2. The van der Waals surface area contributed by atoms with Crippen molar-refractivity contribution in [2.24, 2.45) is 0 Å². The van der Waals surface area contributed by atoms with Crippen molar-refractivity contribution in [1.82, 2.24) is 5.32 Å². The van der Waals surface area contributed by atoms with Crippen LogP contribution >= 0.6 is 0 Å². The number of benzene rings is 3. The molecule has 0 amide bonds. The van der Waals surface area contributed by atoms with Gasteiger partial charge in [-0.3, -0.25) is 5.32 Å². The van der Waals surface area contributed by atoms with Crippen LogP contribution < -0.4 is 10.1 Å². The molecule has 33 heavy (non-hydrogen) atoms. The lowest BCUT2D eigenvalue weighted by molar-refractivity contribution is -0.156. The van der Waals surface area contributed by atoms with Gasteiger partial charge >= 0.3 is 12.1 Å². The summed E-state index contributed by atoms with van der Waals surface area (Å²) in [6.07, 6.45) is -4.96. The summed E-state index contributed by atoms with van der Waals surface area (Å²) in [6.45, 7) is 1.71. The Kier molecular flexibility index (Phi) is 7.62. The maximum absolute atomic E-state index is 13.8. The summed E-state index contributed by atoms with van der Waals surface area (Å²) in [6, 6.07) is 15.2. The van der Waals surface area contributed by atoms with Gasteiger partial charge in [0, 0.05) is 12.5 Å². The fourth-order valence-corrected chi connectivity index (χ4v) is 3.59. The molecule has 3 rings (SSSR count). The Labute approximate surface area is 190 Å². The molecule has 7 heteroatoms. The van der Waals surface area contributed by atoms with Gasteiger partial charge in [0.15, 0.2) is 0 Å². The van der Waals surface area contributed by atoms with Gasteiger partial charge in [-0.1, -0.05) is 54.3 Å². The van der Waals surface area contributed by atoms with Crippen molar-refractivity contribution in [3.63, 3.8) is 0 Å². The van der Waals surface area contributed by atoms with Gasteiger partial charge in [0.05, 0.1) is 25.3 Å². The van der Waals surface area contributed by atoms with Crippen LogP contribution in [0.15, 0.2) is 60.7 Å². The largest absolute Gasteiger partial charge is 0.495 e. The first-order chi connectivity index (χ1) is 15.7. The van der Waals surface area contributed by atoms with E-state index in [4.69, 9.17) is 4.74 Å². The topological polar surface area (TPSA) is 47.6 Å². The molecule has 0 aliphatic carbocycles. The Morgan fingerprint density at radius 3 is 2.48 bits per heavy atom. The molecule has 0 spiro atoms. The Bertz CT molecular complexity index is 1190. The van der Waals surface area contributed by atoms with Crippen LogP contribution in [0.1, 0.15) is 40.9 Å². The van der Waals surface area contributed by atoms with Crippen LogP contribution in [0.2, 0.25) is 0 Å². The van der Waals surface area contributed by atoms with Gasteiger partial charge in [-0.15, -0.1) is 0 Å². The number of rotatable bonds is 6. The van der Waals surface area contributed by atoms with Crippen LogP contribution in [0.5, 0.6) is 5.75 Å². The second-order valence-electron chi connectivity index (χ2n) is 7.46. The first-order valence-corrected chi connectivity index (χ1v) is 10.3. The Morgan fingerprint density at radius 2 is 1.79 bits per heavy atom. The molecule has 0 aliphatic rings. The number of carbonyl (C=O) groups excluding carboxylic acids is 1. The van der Waals surface area contributed by atoms with Crippen LogP contribution in [0.3, 0.4) is 0 Å². The van der Waals surface area contributed by atoms with E-state index in [9.17, 15) is 18.0 Å². The highest BCUT2D eigenvalue weighted by atomic mass is 19.4. The van der Waals surface area contributed by atoms with Crippen LogP contribution in [-0.2, 0) is 4.74 Å². The summed E-state index contributed by atoms with van der Waals surface area (Å²) in [7, 11) is 2.67. The van der Waals surface area contributed by atoms with Crippen molar-refractivity contribution >= 4 is 16.7 Å². The van der Waals surface area contributed by atoms with Gasteiger partial charge < -0.3 is 9.47 Å². The summed E-state index contributed by atoms with van der Waals surface area (Å²) in [5, 5.41) is 4.55. The Morgan fingerprint density at radius 1 is 1.06 bits per heavy atom. The zero-order chi connectivity index (χ0) is 24.0. The summed E-state index contributed by atoms with van der Waals surface area (Å²) < 4.78 is 51.2. The van der Waals surface area contributed by atoms with E-state index >= 15 is 0 Å². The average molecular weight is 455 g/mol. The number of hydrogen-bond acceptors (Lipinski definition) is 4. The summed E-state index contributed by atoms with van der Waals surface area (Å²) in [5.74, 6) is 5.09. The van der Waals surface area contributed by atoms with E-state index in [0.717, 1.165) is 16.3 Å². The SMILES string of the molecule is COC(=O)c1ccc(OC)c(C#CCC(N[C@H](C)c2cccc3ccccc23)C(F)(F)F)c1. The minimum atomic E-state index is -4.49. The zero-order valence-corrected chi connectivity index (χ0v) is 18.5. The van der Waals surface area contributed by atoms with Crippen LogP contribution in [0.4, 0.5) is 13.2 Å². The molecule has 2 atom stereocenters. The molecule has 0 aliphatic heterocycles. The predicted molar refractivity (Wildman–Crippen MR) is 121 cm³/mol. The van der Waals surface area contributed by atoms with Gasteiger partial charge in [-0.25, -0.2) is 4.79 Å². The van der Waals surface area contributed by atoms with E-state index < -0.39 is 30.7 Å². The number of carbonyl (C=O) groups is 1. The van der Waals surface area contributed by atoms with Gasteiger partial charge in [0.25, 0.3) is 0 Å². The predicted octanol–water partition coefficient (Wildman–Crippen LogP) is 5.66. The maximum Gasteiger partial charge on any atom is 0.404 e. The monoisotopic (exact) mass is 455 g/mol. The molecule has 0 bridgehead atoms. The minimum absolute atomic E-state index is 0.234. The number of esters is 1. The molecule has 0 saturated carbocycles. The van der Waals surface area contributed by atoms with Crippen molar-refractivity contribution in [3.8, 4) is 17.6 Å². The second-order valence-corrected chi connectivity index (χ2v) is 7.46. The van der Waals surface area contributed by atoms with Crippen molar-refractivity contribution in [2.45, 2.75) is 31.6 Å². The van der Waals surface area contributed by atoms with E-state index in [2.05, 4.69) is 21.9 Å². The number of alkyl halides is 3. The van der Waals surface area contributed by atoms with Gasteiger partial charge in [0.1, 0.15) is 11.8 Å². The van der Waals surface area contributed by atoms with Crippen molar-refractivity contribution in [2.75, 3.05) is 14.2 Å². The Hall–Kier alpha value is -3.50. The highest BCUT2D eigenvalue weighted by molar-refractivity contribution is 5.90. The van der Waals surface area contributed by atoms with Gasteiger partial charge in [0.2, 0.25) is 0 Å². The minimum Gasteiger partial charge on any atom is -0.495 e. The van der Waals surface area contributed by atoms with Gasteiger partial charge in [-0.05, 0) is 41.5 Å². The fraction of sp³-hybridized carbons (Fsp3) is 0.269. The lowest BCUT2D eigenvalue weighted by Gasteiger charge is -2.25. The number of ether oxygens (including phenoxy) is 2. The molecule has 0 fully saturated rings. The van der Waals surface area contributed by atoms with Crippen molar-refractivity contribution in [1.29, 1.82) is 0 Å². The molecule has 172 valence electrons. The molecule has 0 aromatic heterocycles. The fourth-order valence-electron chi connectivity index (χ4n) is 3.59. The van der Waals surface area contributed by atoms with Crippen molar-refractivity contribution in [3.05, 3.63) is 77.4 Å². The summed E-state index contributed by atoms with van der Waals surface area (Å²) >= 11 is 0. The number of halogens is 3. The molecule has 0 heterocycles. The van der Waals surface area contributed by atoms with Crippen LogP contribution in [-0.4, -0.2) is 32.4 Å². The quantitative estimate of drug-likeness (QED) is 0.385. The highest BCUT2D eigenvalue weighted by Crippen LogP contribution is 2.29. The molecule has 3 aromatic carbocycles. The average Bonchev–Trinajstić information content (AvgIpc) is 2.81. The molecule has 0 radical (unpaired) electrons. The smallest absolute Gasteiger partial charge is 0.404 e. The number of nitrogens with one attached hydrogen (secondary N) is 1. The van der Waals surface area contributed by atoms with E-state index in [0.29, 0.717) is 11.3 Å². The maximum atomic E-state index is 13.8. The number of fused-ring (bicyclic) bond motifs is 1. The molecule has 1 N–H and O–H groups in total. The zero-order valence-electron chi connectivity index (χ0n) is 18.5. The first kappa shape index (κ1) is 24.1. The van der Waals surface area contributed by atoms with Crippen molar-refractivity contribution < 1.29 is 27.4 Å². The molecule has 1 unspecified atom stereocenters. The summed E-state index contributed by atoms with van der Waals surface area (Å²) in [4.78, 5) is 11.8. The van der Waals surface area contributed by atoms with Crippen LogP contribution in [0.25, 0.3) is 10.8 Å². The molecule has 0 saturated heterocycles. The van der Waals surface area contributed by atoms with E-state index in [1.165, 1.54) is 32.4 Å². The van der Waals surface area contributed by atoms with E-state index in [1.807, 2.05) is 42.5 Å². The summed E-state index contributed by atoms with van der Waals surface area (Å²) in [5.41, 5.74) is 1.32. The lowest BCUT2D eigenvalue weighted by atomic mass is 9.98. The molecular formula is C26H24F3NO3. The Balaban J connectivity index is 1.84. The third kappa shape index (κ3) is 5.85.